The Morgan fingerprint density at radius 3 is 2.64 bits per heavy atom. The first kappa shape index (κ1) is 20.0. The van der Waals surface area contributed by atoms with Crippen LogP contribution in [0.4, 0.5) is 13.2 Å². The Labute approximate surface area is 159 Å². The van der Waals surface area contributed by atoms with Gasteiger partial charge in [0.1, 0.15) is 17.0 Å². The van der Waals surface area contributed by atoms with Gasteiger partial charge in [-0.1, -0.05) is 19.4 Å². The van der Waals surface area contributed by atoms with E-state index in [0.29, 0.717) is 6.07 Å². The normalized spacial score (nSPS) is 19.0. The number of nitrogens with one attached hydrogen (secondary N) is 2. The maximum atomic E-state index is 12.7. The summed E-state index contributed by atoms with van der Waals surface area (Å²) in [7, 11) is 1.58. The minimum absolute atomic E-state index is 0.165. The molecule has 5 nitrogen and oxygen atoms in total. The number of rotatable bonds is 4. The van der Waals surface area contributed by atoms with E-state index in [4.69, 9.17) is 4.74 Å². The molecule has 1 aliphatic rings. The fraction of sp³-hybridized carbons (Fsp3) is 0.400. The molecule has 2 unspecified atom stereocenters. The van der Waals surface area contributed by atoms with Crippen LogP contribution in [0.15, 0.2) is 35.1 Å². The number of hydrogen-bond acceptors (Lipinski definition) is 3. The zero-order valence-corrected chi connectivity index (χ0v) is 15.5. The van der Waals surface area contributed by atoms with Crippen LogP contribution in [0.3, 0.4) is 0 Å². The molecule has 0 saturated carbocycles. The molecule has 0 aliphatic heterocycles. The lowest BCUT2D eigenvalue weighted by Gasteiger charge is -2.34. The molecule has 1 heterocycles. The predicted molar refractivity (Wildman–Crippen MR) is 97.4 cm³/mol. The van der Waals surface area contributed by atoms with Crippen molar-refractivity contribution in [2.24, 2.45) is 5.92 Å². The summed E-state index contributed by atoms with van der Waals surface area (Å²) in [5, 5.41) is 2.85. The van der Waals surface area contributed by atoms with Crippen molar-refractivity contribution in [2.75, 3.05) is 7.11 Å². The summed E-state index contributed by atoms with van der Waals surface area (Å²) in [6.45, 7) is 2.02. The van der Waals surface area contributed by atoms with Crippen LogP contribution in [0, 0.1) is 5.92 Å². The van der Waals surface area contributed by atoms with E-state index in [1.54, 1.807) is 18.2 Å². The third-order valence-corrected chi connectivity index (χ3v) is 5.21. The van der Waals surface area contributed by atoms with E-state index in [1.165, 1.54) is 0 Å². The quantitative estimate of drug-likeness (QED) is 0.828. The van der Waals surface area contributed by atoms with Gasteiger partial charge in [0, 0.05) is 0 Å². The average Bonchev–Trinajstić information content (AvgIpc) is 2.66. The van der Waals surface area contributed by atoms with Gasteiger partial charge in [-0.05, 0) is 54.2 Å². The monoisotopic (exact) mass is 394 g/mol. The topological polar surface area (TPSA) is 71.2 Å². The van der Waals surface area contributed by atoms with Crippen LogP contribution in [0.5, 0.6) is 5.75 Å². The minimum Gasteiger partial charge on any atom is -0.497 e. The molecule has 1 aromatic heterocycles. The van der Waals surface area contributed by atoms with Crippen LogP contribution in [-0.2, 0) is 12.6 Å². The summed E-state index contributed by atoms with van der Waals surface area (Å²) in [5.74, 6) is 0.193. The fourth-order valence-corrected chi connectivity index (χ4v) is 3.66. The molecule has 0 saturated heterocycles. The highest BCUT2D eigenvalue weighted by Crippen LogP contribution is 2.38. The van der Waals surface area contributed by atoms with Crippen LogP contribution < -0.4 is 15.6 Å². The highest BCUT2D eigenvalue weighted by atomic mass is 19.4. The van der Waals surface area contributed by atoms with Crippen molar-refractivity contribution in [2.45, 2.75) is 38.4 Å². The molecule has 2 atom stereocenters. The van der Waals surface area contributed by atoms with E-state index in [2.05, 4.69) is 5.32 Å². The number of H-pyrrole nitrogens is 1. The van der Waals surface area contributed by atoms with Crippen LogP contribution in [-0.4, -0.2) is 18.0 Å². The number of carbonyl (C=O) groups excluding carboxylic acids is 1. The molecule has 0 fully saturated rings. The first-order valence-electron chi connectivity index (χ1n) is 9.02. The number of halogens is 3. The number of aromatic nitrogens is 1. The van der Waals surface area contributed by atoms with Gasteiger partial charge < -0.3 is 15.0 Å². The summed E-state index contributed by atoms with van der Waals surface area (Å²) in [6, 6.07) is 6.90. The molecule has 1 aromatic carbocycles. The third-order valence-electron chi connectivity index (χ3n) is 5.21. The van der Waals surface area contributed by atoms with Gasteiger partial charge in [0.05, 0.1) is 13.2 Å². The number of carbonyl (C=O) groups is 1. The number of hydrogen-bond donors (Lipinski definition) is 2. The van der Waals surface area contributed by atoms with Gasteiger partial charge in [-0.15, -0.1) is 0 Å². The summed E-state index contributed by atoms with van der Waals surface area (Å²) >= 11 is 0. The number of aryl methyl sites for hydroxylation is 1. The van der Waals surface area contributed by atoms with Gasteiger partial charge in [-0.2, -0.15) is 13.2 Å². The zero-order chi connectivity index (χ0) is 20.5. The second-order valence-corrected chi connectivity index (χ2v) is 6.84. The standard InChI is InChI=1S/C20H21F3N2O3/c1-3-11-4-5-12-10-13(28-2)6-7-14(12)17(11)25-19(27)15-8-9-16(20(21,22)23)24-18(15)26/h6-11,17H,3-5H2,1-2H3,(H,24,26)(H,25,27). The average molecular weight is 394 g/mol. The highest BCUT2D eigenvalue weighted by Gasteiger charge is 2.33. The molecule has 2 aromatic rings. The van der Waals surface area contributed by atoms with Gasteiger partial charge >= 0.3 is 6.18 Å². The van der Waals surface area contributed by atoms with Gasteiger partial charge in [-0.3, -0.25) is 9.59 Å². The lowest BCUT2D eigenvalue weighted by molar-refractivity contribution is -0.141. The molecular formula is C20H21F3N2O3. The Morgan fingerprint density at radius 1 is 1.29 bits per heavy atom. The first-order valence-corrected chi connectivity index (χ1v) is 9.02. The van der Waals surface area contributed by atoms with Crippen molar-refractivity contribution in [3.8, 4) is 5.75 Å². The van der Waals surface area contributed by atoms with E-state index >= 15 is 0 Å². The minimum atomic E-state index is -4.68. The number of amides is 1. The Balaban J connectivity index is 1.90. The molecule has 1 aliphatic carbocycles. The lowest BCUT2D eigenvalue weighted by Crippen LogP contribution is -2.38. The summed E-state index contributed by atoms with van der Waals surface area (Å²) in [6.07, 6.45) is -2.16. The zero-order valence-electron chi connectivity index (χ0n) is 15.5. The number of fused-ring (bicyclic) bond motifs is 1. The summed E-state index contributed by atoms with van der Waals surface area (Å²) in [5.41, 5.74) is -0.600. The molecule has 3 rings (SSSR count). The largest absolute Gasteiger partial charge is 0.497 e. The van der Waals surface area contributed by atoms with Crippen molar-refractivity contribution in [1.29, 1.82) is 0 Å². The molecular weight excluding hydrogens is 373 g/mol. The van der Waals surface area contributed by atoms with Crippen molar-refractivity contribution < 1.29 is 22.7 Å². The molecule has 0 radical (unpaired) electrons. The number of pyridine rings is 1. The van der Waals surface area contributed by atoms with E-state index < -0.39 is 23.3 Å². The maximum Gasteiger partial charge on any atom is 0.431 e. The number of ether oxygens (including phenoxy) is 1. The second kappa shape index (κ2) is 7.69. The van der Waals surface area contributed by atoms with Crippen molar-refractivity contribution in [1.82, 2.24) is 10.3 Å². The molecule has 2 N–H and O–H groups in total. The van der Waals surface area contributed by atoms with Crippen LogP contribution in [0.25, 0.3) is 0 Å². The van der Waals surface area contributed by atoms with E-state index in [-0.39, 0.29) is 17.5 Å². The Bertz CT molecular complexity index is 937. The highest BCUT2D eigenvalue weighted by molar-refractivity contribution is 5.94. The Hall–Kier alpha value is -2.77. The van der Waals surface area contributed by atoms with Crippen LogP contribution >= 0.6 is 0 Å². The van der Waals surface area contributed by atoms with Gasteiger partial charge in [0.25, 0.3) is 11.5 Å². The van der Waals surface area contributed by atoms with Gasteiger partial charge in [0.2, 0.25) is 0 Å². The maximum absolute atomic E-state index is 12.7. The van der Waals surface area contributed by atoms with Crippen molar-refractivity contribution in [3.05, 3.63) is 63.1 Å². The molecule has 8 heteroatoms. The number of benzene rings is 1. The lowest BCUT2D eigenvalue weighted by atomic mass is 9.78. The van der Waals surface area contributed by atoms with Crippen LogP contribution in [0.1, 0.15) is 53.0 Å². The Morgan fingerprint density at radius 2 is 2.04 bits per heavy atom. The fourth-order valence-electron chi connectivity index (χ4n) is 3.66. The van der Waals surface area contributed by atoms with Gasteiger partial charge in [-0.25, -0.2) is 0 Å². The van der Waals surface area contributed by atoms with E-state index in [1.807, 2.05) is 19.1 Å². The molecule has 0 bridgehead atoms. The van der Waals surface area contributed by atoms with E-state index in [9.17, 15) is 22.8 Å². The predicted octanol–water partition coefficient (Wildman–Crippen LogP) is 3.85. The smallest absolute Gasteiger partial charge is 0.431 e. The summed E-state index contributed by atoms with van der Waals surface area (Å²) in [4.78, 5) is 26.4. The first-order chi connectivity index (χ1) is 13.2. The molecule has 150 valence electrons. The van der Waals surface area contributed by atoms with Crippen molar-refractivity contribution in [3.63, 3.8) is 0 Å². The van der Waals surface area contributed by atoms with Crippen molar-refractivity contribution >= 4 is 5.91 Å². The molecule has 1 amide bonds. The third kappa shape index (κ3) is 3.90. The SMILES string of the molecule is CCC1CCc2cc(OC)ccc2C1NC(=O)c1ccc(C(F)(F)F)[nH]c1=O. The second-order valence-electron chi connectivity index (χ2n) is 6.84. The summed E-state index contributed by atoms with van der Waals surface area (Å²) < 4.78 is 43.4. The Kier molecular flexibility index (Phi) is 5.49. The van der Waals surface area contributed by atoms with Crippen LogP contribution in [0.2, 0.25) is 0 Å². The number of aromatic amines is 1. The molecule has 28 heavy (non-hydrogen) atoms. The number of alkyl halides is 3. The van der Waals surface area contributed by atoms with Gasteiger partial charge in [0.15, 0.2) is 0 Å². The van der Waals surface area contributed by atoms with E-state index in [0.717, 1.165) is 42.2 Å². The number of methoxy groups -OCH3 is 1. The molecule has 0 spiro atoms.